The first kappa shape index (κ1) is 13.4. The molecule has 2 aromatic rings. The quantitative estimate of drug-likeness (QED) is 0.877. The Morgan fingerprint density at radius 3 is 2.56 bits per heavy atom. The number of benzene rings is 1. The Bertz CT molecular complexity index is 650. The maximum atomic E-state index is 12.1. The van der Waals surface area contributed by atoms with Gasteiger partial charge in [-0.1, -0.05) is 18.2 Å². The van der Waals surface area contributed by atoms with Crippen molar-refractivity contribution < 1.29 is 8.42 Å². The van der Waals surface area contributed by atoms with E-state index in [-0.39, 0.29) is 5.88 Å². The minimum Gasteiger partial charge on any atom is -0.279 e. The maximum absolute atomic E-state index is 12.1. The van der Waals surface area contributed by atoms with Crippen LogP contribution in [0.1, 0.15) is 10.4 Å². The van der Waals surface area contributed by atoms with Gasteiger partial charge < -0.3 is 0 Å². The number of thiophene rings is 1. The van der Waals surface area contributed by atoms with E-state index in [4.69, 9.17) is 11.6 Å². The highest BCUT2D eigenvalue weighted by Gasteiger charge is 2.17. The van der Waals surface area contributed by atoms with E-state index in [1.807, 2.05) is 13.0 Å². The van der Waals surface area contributed by atoms with E-state index in [1.54, 1.807) is 30.3 Å². The number of hydrogen-bond donors (Lipinski definition) is 1. The second kappa shape index (κ2) is 5.30. The summed E-state index contributed by atoms with van der Waals surface area (Å²) in [5, 5.41) is 0. The van der Waals surface area contributed by atoms with E-state index in [0.29, 0.717) is 9.90 Å². The minimum absolute atomic E-state index is 0.266. The third-order valence-corrected chi connectivity index (χ3v) is 5.53. The van der Waals surface area contributed by atoms with Crippen molar-refractivity contribution in [3.8, 4) is 0 Å². The molecular formula is C12H12ClNO2S2. The monoisotopic (exact) mass is 301 g/mol. The maximum Gasteiger partial charge on any atom is 0.271 e. The van der Waals surface area contributed by atoms with Crippen molar-refractivity contribution in [3.05, 3.63) is 46.8 Å². The summed E-state index contributed by atoms with van der Waals surface area (Å²) in [6, 6.07) is 10.5. The molecule has 1 N–H and O–H groups in total. The molecule has 18 heavy (non-hydrogen) atoms. The Hall–Kier alpha value is -1.04. The fourth-order valence-electron chi connectivity index (χ4n) is 1.49. The number of hydrogen-bond acceptors (Lipinski definition) is 3. The van der Waals surface area contributed by atoms with E-state index in [1.165, 1.54) is 11.3 Å². The van der Waals surface area contributed by atoms with Gasteiger partial charge in [-0.15, -0.1) is 22.9 Å². The highest BCUT2D eigenvalue weighted by atomic mass is 35.5. The van der Waals surface area contributed by atoms with Crippen LogP contribution in [-0.2, 0) is 15.9 Å². The molecule has 0 saturated carbocycles. The molecule has 0 amide bonds. The third-order valence-electron chi connectivity index (χ3n) is 2.39. The van der Waals surface area contributed by atoms with Crippen molar-refractivity contribution in [2.75, 3.05) is 4.72 Å². The predicted molar refractivity (Wildman–Crippen MR) is 75.9 cm³/mol. The Balaban J connectivity index is 2.33. The van der Waals surface area contributed by atoms with E-state index < -0.39 is 10.0 Å². The van der Waals surface area contributed by atoms with Crippen molar-refractivity contribution in [2.45, 2.75) is 17.0 Å². The zero-order valence-electron chi connectivity index (χ0n) is 9.68. The average molecular weight is 302 g/mol. The zero-order chi connectivity index (χ0) is 13.2. The molecule has 2 rings (SSSR count). The largest absolute Gasteiger partial charge is 0.279 e. The first-order chi connectivity index (χ1) is 8.53. The second-order valence-corrected chi connectivity index (χ2v) is 7.23. The van der Waals surface area contributed by atoms with Crippen LogP contribution in [0.2, 0.25) is 0 Å². The molecule has 0 bridgehead atoms. The van der Waals surface area contributed by atoms with Gasteiger partial charge in [0, 0.05) is 10.8 Å². The Morgan fingerprint density at radius 1 is 1.22 bits per heavy atom. The molecule has 1 aromatic carbocycles. The zero-order valence-corrected chi connectivity index (χ0v) is 12.1. The number of sulfonamides is 1. The molecule has 0 spiro atoms. The summed E-state index contributed by atoms with van der Waals surface area (Å²) >= 11 is 7.02. The summed E-state index contributed by atoms with van der Waals surface area (Å²) in [5.74, 6) is 0.266. The van der Waals surface area contributed by atoms with Crippen LogP contribution in [0, 0.1) is 6.92 Å². The van der Waals surface area contributed by atoms with Gasteiger partial charge in [0.25, 0.3) is 10.0 Å². The molecule has 1 heterocycles. The molecule has 96 valence electrons. The van der Waals surface area contributed by atoms with Crippen LogP contribution in [0.15, 0.2) is 40.6 Å². The summed E-state index contributed by atoms with van der Waals surface area (Å²) in [6.45, 7) is 1.87. The molecule has 0 aliphatic rings. The fourth-order valence-corrected chi connectivity index (χ4v) is 4.11. The Morgan fingerprint density at radius 2 is 1.94 bits per heavy atom. The van der Waals surface area contributed by atoms with Crippen molar-refractivity contribution in [1.29, 1.82) is 0 Å². The van der Waals surface area contributed by atoms with Crippen LogP contribution in [0.3, 0.4) is 0 Å². The van der Waals surface area contributed by atoms with Gasteiger partial charge in [-0.25, -0.2) is 8.42 Å². The summed E-state index contributed by atoms with van der Waals surface area (Å²) < 4.78 is 27.2. The third kappa shape index (κ3) is 2.85. The van der Waals surface area contributed by atoms with Crippen LogP contribution in [0.5, 0.6) is 0 Å². The number of nitrogens with one attached hydrogen (secondary N) is 1. The topological polar surface area (TPSA) is 46.2 Å². The number of alkyl halides is 1. The van der Waals surface area contributed by atoms with Gasteiger partial charge in [0.05, 0.1) is 5.69 Å². The molecule has 1 aromatic heterocycles. The lowest BCUT2D eigenvalue weighted by Crippen LogP contribution is -2.12. The van der Waals surface area contributed by atoms with Gasteiger partial charge >= 0.3 is 0 Å². The molecule has 0 fully saturated rings. The predicted octanol–water partition coefficient (Wildman–Crippen LogP) is 3.60. The van der Waals surface area contributed by atoms with Gasteiger partial charge in [0.1, 0.15) is 4.21 Å². The molecule has 0 aliphatic carbocycles. The number of aryl methyl sites for hydroxylation is 1. The Labute approximate surface area is 115 Å². The van der Waals surface area contributed by atoms with Crippen molar-refractivity contribution in [2.24, 2.45) is 0 Å². The molecule has 6 heteroatoms. The molecule has 0 saturated heterocycles. The number of rotatable bonds is 4. The summed E-state index contributed by atoms with van der Waals surface area (Å²) in [4.78, 5) is 0.959. The van der Waals surface area contributed by atoms with Crippen molar-refractivity contribution >= 4 is 38.6 Å². The molecular weight excluding hydrogens is 290 g/mol. The number of anilines is 1. The van der Waals surface area contributed by atoms with E-state index in [9.17, 15) is 8.42 Å². The average Bonchev–Trinajstić information content (AvgIpc) is 2.77. The van der Waals surface area contributed by atoms with Crippen molar-refractivity contribution in [1.82, 2.24) is 0 Å². The van der Waals surface area contributed by atoms with Gasteiger partial charge in [0.2, 0.25) is 0 Å². The number of halogens is 1. The number of para-hydroxylation sites is 1. The molecule has 0 unspecified atom stereocenters. The first-order valence-corrected chi connectivity index (χ1v) is 8.09. The lowest BCUT2D eigenvalue weighted by atomic mass is 10.2. The summed E-state index contributed by atoms with van der Waals surface area (Å²) in [7, 11) is -3.52. The summed E-state index contributed by atoms with van der Waals surface area (Å²) in [6.07, 6.45) is 0. The lowest BCUT2D eigenvalue weighted by molar-refractivity contribution is 0.603. The molecule has 0 aliphatic heterocycles. The smallest absolute Gasteiger partial charge is 0.271 e. The SMILES string of the molecule is Cc1ccc(S(=O)(=O)Nc2ccccc2CCl)s1. The van der Waals surface area contributed by atoms with Gasteiger partial charge in [-0.3, -0.25) is 4.72 Å². The standard InChI is InChI=1S/C12H12ClNO2S2/c1-9-6-7-12(17-9)18(15,16)14-11-5-3-2-4-10(11)8-13/h2-7,14H,8H2,1H3. The van der Waals surface area contributed by atoms with Gasteiger partial charge in [-0.05, 0) is 30.7 Å². The van der Waals surface area contributed by atoms with Crippen LogP contribution in [-0.4, -0.2) is 8.42 Å². The minimum atomic E-state index is -3.52. The van der Waals surface area contributed by atoms with E-state index >= 15 is 0 Å². The van der Waals surface area contributed by atoms with Crippen LogP contribution >= 0.6 is 22.9 Å². The Kier molecular flexibility index (Phi) is 3.94. The summed E-state index contributed by atoms with van der Waals surface area (Å²) in [5.41, 5.74) is 1.29. The normalized spacial score (nSPS) is 11.4. The highest BCUT2D eigenvalue weighted by Crippen LogP contribution is 2.25. The molecule has 0 atom stereocenters. The second-order valence-electron chi connectivity index (χ2n) is 3.76. The highest BCUT2D eigenvalue weighted by molar-refractivity contribution is 7.94. The fraction of sp³-hybridized carbons (Fsp3) is 0.167. The first-order valence-electron chi connectivity index (χ1n) is 5.26. The molecule has 0 radical (unpaired) electrons. The van der Waals surface area contributed by atoms with E-state index in [0.717, 1.165) is 10.4 Å². The van der Waals surface area contributed by atoms with E-state index in [2.05, 4.69) is 4.72 Å². The molecule has 3 nitrogen and oxygen atoms in total. The van der Waals surface area contributed by atoms with Crippen LogP contribution in [0.25, 0.3) is 0 Å². The van der Waals surface area contributed by atoms with Crippen molar-refractivity contribution in [3.63, 3.8) is 0 Å². The van der Waals surface area contributed by atoms with Crippen LogP contribution in [0.4, 0.5) is 5.69 Å². The van der Waals surface area contributed by atoms with Gasteiger partial charge in [0.15, 0.2) is 0 Å². The van der Waals surface area contributed by atoms with Crippen LogP contribution < -0.4 is 4.72 Å². The van der Waals surface area contributed by atoms with Gasteiger partial charge in [-0.2, -0.15) is 0 Å². The lowest BCUT2D eigenvalue weighted by Gasteiger charge is -2.09.